The Balaban J connectivity index is 2.18. The Morgan fingerprint density at radius 2 is 1.78 bits per heavy atom. The molecule has 3 nitrogen and oxygen atoms in total. The average molecular weight is 241 g/mol. The Kier molecular flexibility index (Phi) is 3.63. The van der Waals surface area contributed by atoms with Crippen molar-refractivity contribution < 1.29 is 0 Å². The van der Waals surface area contributed by atoms with Crippen LogP contribution in [-0.4, -0.2) is 4.98 Å². The monoisotopic (exact) mass is 241 g/mol. The first-order chi connectivity index (χ1) is 8.56. The molecule has 0 radical (unpaired) electrons. The lowest BCUT2D eigenvalue weighted by atomic mass is 9.98. The van der Waals surface area contributed by atoms with Gasteiger partial charge in [-0.25, -0.2) is 4.98 Å². The van der Waals surface area contributed by atoms with Crippen LogP contribution in [0.5, 0.6) is 0 Å². The summed E-state index contributed by atoms with van der Waals surface area (Å²) >= 11 is 0. The number of benzene rings is 1. The van der Waals surface area contributed by atoms with Gasteiger partial charge in [0.25, 0.3) is 0 Å². The van der Waals surface area contributed by atoms with Gasteiger partial charge in [0.1, 0.15) is 5.82 Å². The third kappa shape index (κ3) is 2.87. The van der Waals surface area contributed by atoms with Gasteiger partial charge in [0.05, 0.1) is 0 Å². The van der Waals surface area contributed by atoms with Crippen LogP contribution in [0.1, 0.15) is 28.3 Å². The SMILES string of the molecule is Cc1ccc(CC(N)c2cc(C)cnc2N)cc1. The van der Waals surface area contributed by atoms with Crippen LogP contribution in [0.25, 0.3) is 0 Å². The van der Waals surface area contributed by atoms with Crippen LogP contribution in [0.4, 0.5) is 5.82 Å². The summed E-state index contributed by atoms with van der Waals surface area (Å²) in [5.74, 6) is 0.528. The molecule has 1 unspecified atom stereocenters. The Morgan fingerprint density at radius 3 is 2.44 bits per heavy atom. The number of nitrogen functional groups attached to an aromatic ring is 1. The van der Waals surface area contributed by atoms with Crippen LogP contribution in [0.15, 0.2) is 36.5 Å². The molecular weight excluding hydrogens is 222 g/mol. The molecule has 0 saturated carbocycles. The molecule has 1 aromatic carbocycles. The van der Waals surface area contributed by atoms with Gasteiger partial charge < -0.3 is 11.5 Å². The zero-order chi connectivity index (χ0) is 13.1. The minimum absolute atomic E-state index is 0.111. The molecule has 18 heavy (non-hydrogen) atoms. The average Bonchev–Trinajstić information content (AvgIpc) is 2.35. The predicted molar refractivity (Wildman–Crippen MR) is 75.2 cm³/mol. The van der Waals surface area contributed by atoms with Crippen molar-refractivity contribution in [2.24, 2.45) is 5.73 Å². The van der Waals surface area contributed by atoms with E-state index in [0.29, 0.717) is 5.82 Å². The van der Waals surface area contributed by atoms with E-state index in [1.54, 1.807) is 6.20 Å². The van der Waals surface area contributed by atoms with Gasteiger partial charge in [-0.2, -0.15) is 0 Å². The molecule has 0 saturated heterocycles. The van der Waals surface area contributed by atoms with Crippen LogP contribution >= 0.6 is 0 Å². The third-order valence-electron chi connectivity index (χ3n) is 3.06. The van der Waals surface area contributed by atoms with Gasteiger partial charge in [-0.1, -0.05) is 29.8 Å². The predicted octanol–water partition coefficient (Wildman–Crippen LogP) is 2.52. The summed E-state index contributed by atoms with van der Waals surface area (Å²) in [6, 6.07) is 10.3. The molecule has 4 N–H and O–H groups in total. The van der Waals surface area contributed by atoms with E-state index in [9.17, 15) is 0 Å². The van der Waals surface area contributed by atoms with Crippen molar-refractivity contribution >= 4 is 5.82 Å². The van der Waals surface area contributed by atoms with Crippen molar-refractivity contribution in [1.82, 2.24) is 4.98 Å². The van der Waals surface area contributed by atoms with Gasteiger partial charge >= 0.3 is 0 Å². The van der Waals surface area contributed by atoms with E-state index < -0.39 is 0 Å². The molecule has 1 atom stereocenters. The molecule has 2 aromatic rings. The first kappa shape index (κ1) is 12.6. The van der Waals surface area contributed by atoms with Crippen LogP contribution in [0, 0.1) is 13.8 Å². The number of rotatable bonds is 3. The van der Waals surface area contributed by atoms with E-state index in [2.05, 4.69) is 36.2 Å². The zero-order valence-electron chi connectivity index (χ0n) is 10.9. The number of hydrogen-bond acceptors (Lipinski definition) is 3. The van der Waals surface area contributed by atoms with Gasteiger partial charge in [-0.3, -0.25) is 0 Å². The molecule has 0 aliphatic rings. The second-order valence-electron chi connectivity index (χ2n) is 4.78. The highest BCUT2D eigenvalue weighted by molar-refractivity contribution is 5.43. The van der Waals surface area contributed by atoms with Crippen LogP contribution in [-0.2, 0) is 6.42 Å². The van der Waals surface area contributed by atoms with Crippen molar-refractivity contribution in [2.45, 2.75) is 26.3 Å². The number of anilines is 1. The van der Waals surface area contributed by atoms with Gasteiger partial charge in [0.15, 0.2) is 0 Å². The lowest BCUT2D eigenvalue weighted by Gasteiger charge is -2.14. The fraction of sp³-hybridized carbons (Fsp3) is 0.267. The summed E-state index contributed by atoms with van der Waals surface area (Å²) < 4.78 is 0. The summed E-state index contributed by atoms with van der Waals surface area (Å²) in [4.78, 5) is 4.15. The number of aromatic nitrogens is 1. The molecule has 2 rings (SSSR count). The molecule has 0 bridgehead atoms. The molecule has 0 aliphatic carbocycles. The van der Waals surface area contributed by atoms with Crippen molar-refractivity contribution in [1.29, 1.82) is 0 Å². The van der Waals surface area contributed by atoms with Gasteiger partial charge in [0, 0.05) is 17.8 Å². The van der Waals surface area contributed by atoms with E-state index in [1.165, 1.54) is 11.1 Å². The van der Waals surface area contributed by atoms with E-state index in [4.69, 9.17) is 11.5 Å². The summed E-state index contributed by atoms with van der Waals surface area (Å²) in [6.07, 6.45) is 2.53. The molecule has 3 heteroatoms. The maximum absolute atomic E-state index is 6.21. The molecule has 0 aliphatic heterocycles. The first-order valence-corrected chi connectivity index (χ1v) is 6.09. The minimum atomic E-state index is -0.111. The van der Waals surface area contributed by atoms with Crippen molar-refractivity contribution in [2.75, 3.05) is 5.73 Å². The fourth-order valence-electron chi connectivity index (χ4n) is 1.99. The summed E-state index contributed by atoms with van der Waals surface area (Å²) in [6.45, 7) is 4.07. The molecule has 0 spiro atoms. The van der Waals surface area contributed by atoms with Crippen molar-refractivity contribution in [3.8, 4) is 0 Å². The second-order valence-corrected chi connectivity index (χ2v) is 4.78. The highest BCUT2D eigenvalue weighted by atomic mass is 14.8. The smallest absolute Gasteiger partial charge is 0.128 e. The molecular formula is C15H19N3. The Labute approximate surface area is 108 Å². The topological polar surface area (TPSA) is 64.9 Å². The Morgan fingerprint density at radius 1 is 1.11 bits per heavy atom. The maximum Gasteiger partial charge on any atom is 0.128 e. The summed E-state index contributed by atoms with van der Waals surface area (Å²) in [7, 11) is 0. The molecule has 0 fully saturated rings. The van der Waals surface area contributed by atoms with Gasteiger partial charge in [-0.15, -0.1) is 0 Å². The Hall–Kier alpha value is -1.87. The highest BCUT2D eigenvalue weighted by Crippen LogP contribution is 2.21. The number of nitrogens with zero attached hydrogens (tertiary/aromatic N) is 1. The second kappa shape index (κ2) is 5.19. The quantitative estimate of drug-likeness (QED) is 0.867. The summed E-state index contributed by atoms with van der Waals surface area (Å²) in [5.41, 5.74) is 16.6. The maximum atomic E-state index is 6.21. The van der Waals surface area contributed by atoms with E-state index in [0.717, 1.165) is 17.5 Å². The molecule has 0 amide bonds. The third-order valence-corrected chi connectivity index (χ3v) is 3.06. The number of pyridine rings is 1. The standard InChI is InChI=1S/C15H19N3/c1-10-3-5-12(6-4-10)8-14(16)13-7-11(2)9-18-15(13)17/h3-7,9,14H,8,16H2,1-2H3,(H2,17,18). The van der Waals surface area contributed by atoms with Crippen molar-refractivity contribution in [3.63, 3.8) is 0 Å². The number of nitrogens with two attached hydrogens (primary N) is 2. The first-order valence-electron chi connectivity index (χ1n) is 6.09. The Bertz CT molecular complexity index is 532. The highest BCUT2D eigenvalue weighted by Gasteiger charge is 2.11. The number of aryl methyl sites for hydroxylation is 2. The lowest BCUT2D eigenvalue weighted by molar-refractivity contribution is 0.720. The molecule has 94 valence electrons. The molecule has 1 aromatic heterocycles. The number of hydrogen-bond donors (Lipinski definition) is 2. The van der Waals surface area contributed by atoms with Crippen LogP contribution in [0.2, 0.25) is 0 Å². The van der Waals surface area contributed by atoms with Gasteiger partial charge in [-0.05, 0) is 37.5 Å². The van der Waals surface area contributed by atoms with E-state index in [-0.39, 0.29) is 6.04 Å². The van der Waals surface area contributed by atoms with Crippen LogP contribution < -0.4 is 11.5 Å². The lowest BCUT2D eigenvalue weighted by Crippen LogP contribution is -2.16. The zero-order valence-corrected chi connectivity index (χ0v) is 10.9. The van der Waals surface area contributed by atoms with Crippen LogP contribution in [0.3, 0.4) is 0 Å². The minimum Gasteiger partial charge on any atom is -0.383 e. The van der Waals surface area contributed by atoms with E-state index in [1.807, 2.05) is 13.0 Å². The molecule has 1 heterocycles. The summed E-state index contributed by atoms with van der Waals surface area (Å²) in [5, 5.41) is 0. The van der Waals surface area contributed by atoms with Crippen molar-refractivity contribution in [3.05, 3.63) is 58.8 Å². The van der Waals surface area contributed by atoms with Gasteiger partial charge in [0.2, 0.25) is 0 Å². The van der Waals surface area contributed by atoms with E-state index >= 15 is 0 Å². The largest absolute Gasteiger partial charge is 0.383 e. The fourth-order valence-corrected chi connectivity index (χ4v) is 1.99. The normalized spacial score (nSPS) is 12.4.